The largest absolute Gasteiger partial charge is 0.497 e. The van der Waals surface area contributed by atoms with E-state index in [1.807, 2.05) is 54.6 Å². The molecule has 20 heavy (non-hydrogen) atoms. The van der Waals surface area contributed by atoms with Gasteiger partial charge in [0, 0.05) is 6.42 Å². The van der Waals surface area contributed by atoms with Gasteiger partial charge in [-0.25, -0.2) is 0 Å². The number of aliphatic hydroxyl groups excluding tert-OH is 1. The van der Waals surface area contributed by atoms with E-state index in [1.54, 1.807) is 7.11 Å². The summed E-state index contributed by atoms with van der Waals surface area (Å²) in [7, 11) is 1.62. The van der Waals surface area contributed by atoms with E-state index in [4.69, 9.17) is 10.5 Å². The molecule has 0 aromatic heterocycles. The van der Waals surface area contributed by atoms with E-state index in [-0.39, 0.29) is 12.4 Å². The summed E-state index contributed by atoms with van der Waals surface area (Å²) in [5, 5.41) is 10.2. The summed E-state index contributed by atoms with van der Waals surface area (Å²) in [6.07, 6.45) is -0.0515. The summed E-state index contributed by atoms with van der Waals surface area (Å²) >= 11 is 0. The fourth-order valence-corrected chi connectivity index (χ4v) is 2.03. The number of aliphatic hydroxyl groups is 1. The van der Waals surface area contributed by atoms with Gasteiger partial charge in [0.2, 0.25) is 0 Å². The van der Waals surface area contributed by atoms with E-state index >= 15 is 0 Å². The van der Waals surface area contributed by atoms with Crippen LogP contribution in [0.4, 0.5) is 0 Å². The summed E-state index contributed by atoms with van der Waals surface area (Å²) in [5.41, 5.74) is 8.08. The number of hydrogen-bond donors (Lipinski definition) is 2. The van der Waals surface area contributed by atoms with E-state index in [9.17, 15) is 5.11 Å². The van der Waals surface area contributed by atoms with Crippen molar-refractivity contribution in [2.75, 3.05) is 7.11 Å². The van der Waals surface area contributed by atoms with Gasteiger partial charge in [-0.1, -0.05) is 42.5 Å². The Labute approximate surface area is 125 Å². The summed E-state index contributed by atoms with van der Waals surface area (Å²) in [5.74, 6) is 0.786. The lowest BCUT2D eigenvalue weighted by atomic mass is 9.97. The highest BCUT2D eigenvalue weighted by Crippen LogP contribution is 2.20. The average molecular weight is 294 g/mol. The molecule has 0 aliphatic carbocycles. The Morgan fingerprint density at radius 2 is 1.65 bits per heavy atom. The van der Waals surface area contributed by atoms with Gasteiger partial charge in [-0.2, -0.15) is 0 Å². The summed E-state index contributed by atoms with van der Waals surface area (Å²) < 4.78 is 5.10. The smallest absolute Gasteiger partial charge is 0.118 e. The molecule has 4 heteroatoms. The molecule has 0 saturated heterocycles. The Morgan fingerprint density at radius 1 is 1.05 bits per heavy atom. The average Bonchev–Trinajstić information content (AvgIpc) is 2.47. The van der Waals surface area contributed by atoms with Crippen LogP contribution in [0.2, 0.25) is 0 Å². The summed E-state index contributed by atoms with van der Waals surface area (Å²) in [6, 6.07) is 16.9. The lowest BCUT2D eigenvalue weighted by molar-refractivity contribution is 0.145. The molecule has 2 aromatic rings. The minimum Gasteiger partial charge on any atom is -0.497 e. The van der Waals surface area contributed by atoms with Crippen LogP contribution < -0.4 is 10.5 Å². The van der Waals surface area contributed by atoms with Gasteiger partial charge in [0.1, 0.15) is 5.75 Å². The van der Waals surface area contributed by atoms with Gasteiger partial charge in [-0.15, -0.1) is 12.4 Å². The molecular formula is C16H20ClNO2. The van der Waals surface area contributed by atoms with Crippen LogP contribution in [0.15, 0.2) is 54.6 Å². The van der Waals surface area contributed by atoms with Crippen LogP contribution >= 0.6 is 12.4 Å². The monoisotopic (exact) mass is 293 g/mol. The van der Waals surface area contributed by atoms with Gasteiger partial charge in [-0.3, -0.25) is 0 Å². The molecule has 0 amide bonds. The highest BCUT2D eigenvalue weighted by molar-refractivity contribution is 5.85. The third-order valence-electron chi connectivity index (χ3n) is 3.20. The Hall–Kier alpha value is -1.55. The Bertz CT molecular complexity index is 502. The second kappa shape index (κ2) is 7.90. The van der Waals surface area contributed by atoms with Crippen molar-refractivity contribution in [1.29, 1.82) is 0 Å². The molecule has 2 rings (SSSR count). The predicted molar refractivity (Wildman–Crippen MR) is 83.3 cm³/mol. The van der Waals surface area contributed by atoms with Crippen LogP contribution in [0.1, 0.15) is 17.2 Å². The normalized spacial score (nSPS) is 13.2. The van der Waals surface area contributed by atoms with Crippen LogP contribution in [0.3, 0.4) is 0 Å². The van der Waals surface area contributed by atoms with Crippen molar-refractivity contribution in [2.45, 2.75) is 18.6 Å². The second-order valence-electron chi connectivity index (χ2n) is 4.56. The molecular weight excluding hydrogens is 274 g/mol. The van der Waals surface area contributed by atoms with Crippen molar-refractivity contribution < 1.29 is 9.84 Å². The maximum atomic E-state index is 10.2. The number of rotatable bonds is 5. The summed E-state index contributed by atoms with van der Waals surface area (Å²) in [6.45, 7) is 0. The van der Waals surface area contributed by atoms with Crippen LogP contribution in [-0.4, -0.2) is 18.3 Å². The first kappa shape index (κ1) is 16.5. The summed E-state index contributed by atoms with van der Waals surface area (Å²) in [4.78, 5) is 0. The second-order valence-corrected chi connectivity index (χ2v) is 4.56. The first-order chi connectivity index (χ1) is 9.20. The van der Waals surface area contributed by atoms with Crippen molar-refractivity contribution in [3.05, 3.63) is 65.7 Å². The number of methoxy groups -OCH3 is 1. The van der Waals surface area contributed by atoms with E-state index in [0.717, 1.165) is 16.9 Å². The lowest BCUT2D eigenvalue weighted by Gasteiger charge is -2.19. The molecule has 0 aliphatic rings. The first-order valence-electron chi connectivity index (χ1n) is 6.32. The van der Waals surface area contributed by atoms with Crippen LogP contribution in [0.5, 0.6) is 5.75 Å². The topological polar surface area (TPSA) is 55.5 Å². The highest BCUT2D eigenvalue weighted by atomic mass is 35.5. The molecule has 0 spiro atoms. The minimum atomic E-state index is -0.601. The molecule has 0 unspecified atom stereocenters. The van der Waals surface area contributed by atoms with Gasteiger partial charge in [0.25, 0.3) is 0 Å². The lowest BCUT2D eigenvalue weighted by Crippen LogP contribution is -2.28. The maximum absolute atomic E-state index is 10.2. The molecule has 0 heterocycles. The Kier molecular flexibility index (Phi) is 6.52. The fourth-order valence-electron chi connectivity index (χ4n) is 2.03. The quantitative estimate of drug-likeness (QED) is 0.891. The Balaban J connectivity index is 0.00000200. The molecule has 108 valence electrons. The van der Waals surface area contributed by atoms with Crippen LogP contribution in [0.25, 0.3) is 0 Å². The Morgan fingerprint density at radius 3 is 2.20 bits per heavy atom. The minimum absolute atomic E-state index is 0. The number of benzene rings is 2. The number of nitrogens with two attached hydrogens (primary N) is 1. The SMILES string of the molecule is COc1ccc([C@@H](N)[C@@H](O)Cc2ccccc2)cc1.Cl. The zero-order valence-electron chi connectivity index (χ0n) is 11.4. The molecule has 3 N–H and O–H groups in total. The highest BCUT2D eigenvalue weighted by Gasteiger charge is 2.17. The molecule has 0 aliphatic heterocycles. The van der Waals surface area contributed by atoms with E-state index in [2.05, 4.69) is 0 Å². The standard InChI is InChI=1S/C16H19NO2.ClH/c1-19-14-9-7-13(8-10-14)16(17)15(18)11-12-5-3-2-4-6-12;/h2-10,15-16,18H,11,17H2,1H3;1H/t15-,16+;/m0./s1. The van der Waals surface area contributed by atoms with Gasteiger partial charge >= 0.3 is 0 Å². The van der Waals surface area contributed by atoms with Crippen LogP contribution in [-0.2, 0) is 6.42 Å². The molecule has 0 fully saturated rings. The van der Waals surface area contributed by atoms with Crippen molar-refractivity contribution in [2.24, 2.45) is 5.73 Å². The van der Waals surface area contributed by atoms with E-state index < -0.39 is 12.1 Å². The van der Waals surface area contributed by atoms with Crippen molar-refractivity contribution in [3.63, 3.8) is 0 Å². The molecule has 2 atom stereocenters. The molecule has 0 radical (unpaired) electrons. The third-order valence-corrected chi connectivity index (χ3v) is 3.20. The third kappa shape index (κ3) is 4.23. The van der Waals surface area contributed by atoms with Crippen molar-refractivity contribution >= 4 is 12.4 Å². The molecule has 2 aromatic carbocycles. The van der Waals surface area contributed by atoms with Crippen LogP contribution in [0, 0.1) is 0 Å². The number of hydrogen-bond acceptors (Lipinski definition) is 3. The molecule has 0 bridgehead atoms. The van der Waals surface area contributed by atoms with E-state index in [0.29, 0.717) is 6.42 Å². The first-order valence-corrected chi connectivity index (χ1v) is 6.32. The predicted octanol–water partition coefficient (Wildman–Crippen LogP) is 2.72. The number of halogens is 1. The zero-order valence-corrected chi connectivity index (χ0v) is 12.2. The van der Waals surface area contributed by atoms with Gasteiger partial charge < -0.3 is 15.6 Å². The molecule has 0 saturated carbocycles. The fraction of sp³-hybridized carbons (Fsp3) is 0.250. The van der Waals surface area contributed by atoms with Gasteiger partial charge in [0.05, 0.1) is 19.3 Å². The number of ether oxygens (including phenoxy) is 1. The van der Waals surface area contributed by atoms with Crippen molar-refractivity contribution in [1.82, 2.24) is 0 Å². The van der Waals surface area contributed by atoms with Gasteiger partial charge in [0.15, 0.2) is 0 Å². The van der Waals surface area contributed by atoms with Crippen molar-refractivity contribution in [3.8, 4) is 5.75 Å². The van der Waals surface area contributed by atoms with Gasteiger partial charge in [-0.05, 0) is 23.3 Å². The zero-order chi connectivity index (χ0) is 13.7. The maximum Gasteiger partial charge on any atom is 0.118 e. The molecule has 3 nitrogen and oxygen atoms in total. The van der Waals surface area contributed by atoms with E-state index in [1.165, 1.54) is 0 Å².